The lowest BCUT2D eigenvalue weighted by Gasteiger charge is -2.21. The van der Waals surface area contributed by atoms with E-state index in [4.69, 9.17) is 25.8 Å². The van der Waals surface area contributed by atoms with Gasteiger partial charge < -0.3 is 24.4 Å². The van der Waals surface area contributed by atoms with Crippen LogP contribution in [0.4, 0.5) is 5.69 Å². The summed E-state index contributed by atoms with van der Waals surface area (Å²) in [5, 5.41) is 3.83. The Morgan fingerprint density at radius 2 is 2.04 bits per heavy atom. The lowest BCUT2D eigenvalue weighted by molar-refractivity contribution is -0.131. The van der Waals surface area contributed by atoms with Gasteiger partial charge in [-0.15, -0.1) is 0 Å². The third-order valence-electron chi connectivity index (χ3n) is 4.36. The number of nitrogens with zero attached hydrogens (tertiary/aromatic N) is 1. The van der Waals surface area contributed by atoms with Gasteiger partial charge in [-0.1, -0.05) is 17.7 Å². The number of nitrogens with one attached hydrogen (secondary N) is 1. The van der Waals surface area contributed by atoms with Crippen molar-refractivity contribution in [3.05, 3.63) is 47.0 Å². The van der Waals surface area contributed by atoms with Crippen LogP contribution in [0.5, 0.6) is 17.2 Å². The number of amides is 1. The molecule has 0 spiro atoms. The van der Waals surface area contributed by atoms with E-state index in [9.17, 15) is 4.79 Å². The van der Waals surface area contributed by atoms with Gasteiger partial charge >= 0.3 is 0 Å². The highest BCUT2D eigenvalue weighted by molar-refractivity contribution is 6.30. The number of carbonyl (C=O) groups is 1. The standard InChI is InChI=1S/C20H23ClN2O4/c1-3-23(12-14-4-6-18-19(10-14)27-13-26-18)20(24)8-9-22-16-11-15(21)5-7-17(16)25-2/h4-7,10-11,22H,3,8-9,12-13H2,1-2H3. The van der Waals surface area contributed by atoms with Gasteiger partial charge in [0.25, 0.3) is 0 Å². The summed E-state index contributed by atoms with van der Waals surface area (Å²) < 4.78 is 16.0. The van der Waals surface area contributed by atoms with Crippen LogP contribution in [-0.2, 0) is 11.3 Å². The summed E-state index contributed by atoms with van der Waals surface area (Å²) in [6.45, 7) is 3.87. The Kier molecular flexibility index (Phi) is 6.29. The van der Waals surface area contributed by atoms with E-state index in [-0.39, 0.29) is 12.7 Å². The van der Waals surface area contributed by atoms with Crippen LogP contribution in [0.15, 0.2) is 36.4 Å². The first-order chi connectivity index (χ1) is 13.1. The highest BCUT2D eigenvalue weighted by Crippen LogP contribution is 2.33. The van der Waals surface area contributed by atoms with Gasteiger partial charge in [-0.3, -0.25) is 4.79 Å². The Morgan fingerprint density at radius 3 is 2.81 bits per heavy atom. The van der Waals surface area contributed by atoms with Crippen LogP contribution in [0.25, 0.3) is 0 Å². The predicted molar refractivity (Wildman–Crippen MR) is 105 cm³/mol. The lowest BCUT2D eigenvalue weighted by Crippen LogP contribution is -2.31. The molecule has 0 aromatic heterocycles. The smallest absolute Gasteiger partial charge is 0.231 e. The molecule has 0 saturated carbocycles. The van der Waals surface area contributed by atoms with Crippen LogP contribution in [0, 0.1) is 0 Å². The van der Waals surface area contributed by atoms with Gasteiger partial charge in [-0.05, 0) is 42.8 Å². The molecule has 0 unspecified atom stereocenters. The Hall–Kier alpha value is -2.60. The van der Waals surface area contributed by atoms with E-state index >= 15 is 0 Å². The normalized spacial score (nSPS) is 12.0. The third kappa shape index (κ3) is 4.77. The molecule has 27 heavy (non-hydrogen) atoms. The van der Waals surface area contributed by atoms with Crippen LogP contribution < -0.4 is 19.5 Å². The van der Waals surface area contributed by atoms with Crippen molar-refractivity contribution in [2.75, 3.05) is 32.3 Å². The van der Waals surface area contributed by atoms with E-state index in [0.29, 0.717) is 36.8 Å². The van der Waals surface area contributed by atoms with Crippen molar-refractivity contribution >= 4 is 23.2 Å². The molecule has 1 amide bonds. The molecule has 6 nitrogen and oxygen atoms in total. The molecule has 2 aromatic rings. The lowest BCUT2D eigenvalue weighted by atomic mass is 10.2. The van der Waals surface area contributed by atoms with Gasteiger partial charge in [0.1, 0.15) is 5.75 Å². The fraction of sp³-hybridized carbons (Fsp3) is 0.350. The molecule has 144 valence electrons. The number of benzene rings is 2. The van der Waals surface area contributed by atoms with Crippen LogP contribution in [0.3, 0.4) is 0 Å². The van der Waals surface area contributed by atoms with Crippen molar-refractivity contribution in [2.45, 2.75) is 19.9 Å². The second kappa shape index (κ2) is 8.86. The molecule has 1 aliphatic heterocycles. The minimum atomic E-state index is 0.0728. The third-order valence-corrected chi connectivity index (χ3v) is 4.60. The Labute approximate surface area is 164 Å². The first-order valence-electron chi connectivity index (χ1n) is 8.84. The monoisotopic (exact) mass is 390 g/mol. The van der Waals surface area contributed by atoms with Gasteiger partial charge in [-0.2, -0.15) is 0 Å². The number of hydrogen-bond acceptors (Lipinski definition) is 5. The summed E-state index contributed by atoms with van der Waals surface area (Å²) >= 11 is 6.03. The Bertz CT molecular complexity index is 813. The number of carbonyl (C=O) groups excluding carboxylic acids is 1. The molecular weight excluding hydrogens is 368 g/mol. The topological polar surface area (TPSA) is 60.0 Å². The molecule has 0 aliphatic carbocycles. The molecular formula is C20H23ClN2O4. The van der Waals surface area contributed by atoms with Crippen LogP contribution in [0.2, 0.25) is 5.02 Å². The minimum Gasteiger partial charge on any atom is -0.495 e. The molecule has 1 heterocycles. The molecule has 0 saturated heterocycles. The van der Waals surface area contributed by atoms with E-state index in [1.807, 2.05) is 30.0 Å². The first-order valence-corrected chi connectivity index (χ1v) is 9.22. The molecule has 3 rings (SSSR count). The molecule has 1 N–H and O–H groups in total. The van der Waals surface area contributed by atoms with Crippen LogP contribution in [-0.4, -0.2) is 37.8 Å². The molecule has 0 fully saturated rings. The second-order valence-corrected chi connectivity index (χ2v) is 6.55. The van der Waals surface area contributed by atoms with Crippen molar-refractivity contribution in [3.8, 4) is 17.2 Å². The quantitative estimate of drug-likeness (QED) is 0.740. The molecule has 1 aliphatic rings. The molecule has 2 aromatic carbocycles. The predicted octanol–water partition coefficient (Wildman–Crippen LogP) is 3.93. The van der Waals surface area contributed by atoms with Gasteiger partial charge in [0.05, 0.1) is 12.8 Å². The second-order valence-electron chi connectivity index (χ2n) is 6.12. The van der Waals surface area contributed by atoms with Gasteiger partial charge in [0.2, 0.25) is 12.7 Å². The zero-order valence-corrected chi connectivity index (χ0v) is 16.2. The van der Waals surface area contributed by atoms with Crippen molar-refractivity contribution in [1.82, 2.24) is 4.90 Å². The summed E-state index contributed by atoms with van der Waals surface area (Å²) in [4.78, 5) is 14.4. The van der Waals surface area contributed by atoms with Crippen LogP contribution in [0.1, 0.15) is 18.9 Å². The van der Waals surface area contributed by atoms with Gasteiger partial charge in [0, 0.05) is 31.1 Å². The van der Waals surface area contributed by atoms with Crippen LogP contribution >= 0.6 is 11.6 Å². The number of methoxy groups -OCH3 is 1. The van der Waals surface area contributed by atoms with Crippen molar-refractivity contribution in [1.29, 1.82) is 0 Å². The fourth-order valence-electron chi connectivity index (χ4n) is 2.92. The molecule has 0 bridgehead atoms. The van der Waals surface area contributed by atoms with Crippen molar-refractivity contribution in [2.24, 2.45) is 0 Å². The highest BCUT2D eigenvalue weighted by Gasteiger charge is 2.16. The largest absolute Gasteiger partial charge is 0.495 e. The van der Waals surface area contributed by atoms with E-state index in [1.54, 1.807) is 25.3 Å². The minimum absolute atomic E-state index is 0.0728. The highest BCUT2D eigenvalue weighted by atomic mass is 35.5. The zero-order valence-electron chi connectivity index (χ0n) is 15.5. The fourth-order valence-corrected chi connectivity index (χ4v) is 3.09. The van der Waals surface area contributed by atoms with E-state index in [2.05, 4.69) is 5.32 Å². The summed E-state index contributed by atoms with van der Waals surface area (Å²) in [6.07, 6.45) is 0.369. The number of ether oxygens (including phenoxy) is 3. The first kappa shape index (κ1) is 19.2. The maximum atomic E-state index is 12.6. The van der Waals surface area contributed by atoms with Crippen molar-refractivity contribution in [3.63, 3.8) is 0 Å². The van der Waals surface area contributed by atoms with Gasteiger partial charge in [0.15, 0.2) is 11.5 Å². The number of hydrogen-bond donors (Lipinski definition) is 1. The Morgan fingerprint density at radius 1 is 1.22 bits per heavy atom. The number of rotatable bonds is 8. The SMILES string of the molecule is CCN(Cc1ccc2c(c1)OCO2)C(=O)CCNc1cc(Cl)ccc1OC. The number of anilines is 1. The summed E-state index contributed by atoms with van der Waals surface area (Å²) in [5.74, 6) is 2.24. The zero-order chi connectivity index (χ0) is 19.2. The molecule has 7 heteroatoms. The van der Waals surface area contributed by atoms with E-state index in [0.717, 1.165) is 22.7 Å². The summed E-state index contributed by atoms with van der Waals surface area (Å²) in [5.41, 5.74) is 1.79. The summed E-state index contributed by atoms with van der Waals surface area (Å²) in [6, 6.07) is 11.1. The van der Waals surface area contributed by atoms with Crippen molar-refractivity contribution < 1.29 is 19.0 Å². The molecule has 0 atom stereocenters. The average molecular weight is 391 g/mol. The van der Waals surface area contributed by atoms with Gasteiger partial charge in [-0.25, -0.2) is 0 Å². The summed E-state index contributed by atoms with van der Waals surface area (Å²) in [7, 11) is 1.60. The maximum absolute atomic E-state index is 12.6. The molecule has 0 radical (unpaired) electrons. The average Bonchev–Trinajstić information content (AvgIpc) is 3.14. The van der Waals surface area contributed by atoms with E-state index < -0.39 is 0 Å². The number of fused-ring (bicyclic) bond motifs is 1. The maximum Gasteiger partial charge on any atom is 0.231 e. The number of halogens is 1. The Balaban J connectivity index is 1.55. The van der Waals surface area contributed by atoms with E-state index in [1.165, 1.54) is 0 Å².